The van der Waals surface area contributed by atoms with Crippen LogP contribution in [0.5, 0.6) is 0 Å². The van der Waals surface area contributed by atoms with Crippen LogP contribution in [0.1, 0.15) is 32.1 Å². The summed E-state index contributed by atoms with van der Waals surface area (Å²) in [5.74, 6) is -1.34. The molecule has 2 amide bonds. The summed E-state index contributed by atoms with van der Waals surface area (Å²) in [5, 5.41) is 0. The minimum atomic E-state index is -0.825. The van der Waals surface area contributed by atoms with Crippen LogP contribution in [0.3, 0.4) is 0 Å². The molecule has 2 saturated heterocycles. The molecule has 0 saturated carbocycles. The van der Waals surface area contributed by atoms with Gasteiger partial charge >= 0.3 is 11.8 Å². The lowest BCUT2D eigenvalue weighted by atomic mass is 9.73. The zero-order valence-electron chi connectivity index (χ0n) is 11.2. The molecule has 0 aliphatic carbocycles. The van der Waals surface area contributed by atoms with Gasteiger partial charge in [-0.05, 0) is 57.7 Å². The summed E-state index contributed by atoms with van der Waals surface area (Å²) >= 11 is 0. The average Bonchev–Trinajstić information content (AvgIpc) is 2.55. The molecule has 0 aromatic rings. The van der Waals surface area contributed by atoms with E-state index in [2.05, 4.69) is 11.9 Å². The molecule has 102 valence electrons. The fourth-order valence-corrected chi connectivity index (χ4v) is 3.21. The Morgan fingerprint density at radius 1 is 1.00 bits per heavy atom. The molecule has 2 fully saturated rings. The number of nitrogens with two attached hydrogens (primary N) is 1. The van der Waals surface area contributed by atoms with E-state index in [-0.39, 0.29) is 0 Å². The molecule has 2 heterocycles. The summed E-state index contributed by atoms with van der Waals surface area (Å²) < 4.78 is 0. The summed E-state index contributed by atoms with van der Waals surface area (Å²) in [6.07, 6.45) is 5.59. The number of rotatable bonds is 0. The number of carbonyl (C=O) groups is 2. The molecule has 18 heavy (non-hydrogen) atoms. The Morgan fingerprint density at radius 2 is 1.61 bits per heavy atom. The molecule has 0 unspecified atom stereocenters. The predicted octanol–water partition coefficient (Wildman–Crippen LogP) is 0.196. The molecule has 1 spiro atoms. The first kappa shape index (κ1) is 13.3. The van der Waals surface area contributed by atoms with Crippen LogP contribution >= 0.6 is 0 Å². The number of carbonyl (C=O) groups excluding carboxylic acids is 2. The second-order valence-corrected chi connectivity index (χ2v) is 5.81. The van der Waals surface area contributed by atoms with E-state index in [9.17, 15) is 9.59 Å². The number of amides is 2. The van der Waals surface area contributed by atoms with Gasteiger partial charge in [0.1, 0.15) is 0 Å². The molecular formula is C13H23N3O2. The number of primary amides is 1. The zero-order valence-corrected chi connectivity index (χ0v) is 11.2. The maximum Gasteiger partial charge on any atom is 0.311 e. The highest BCUT2D eigenvalue weighted by Crippen LogP contribution is 2.40. The van der Waals surface area contributed by atoms with Crippen LogP contribution in [-0.4, -0.2) is 54.8 Å². The van der Waals surface area contributed by atoms with Crippen LogP contribution in [-0.2, 0) is 9.59 Å². The van der Waals surface area contributed by atoms with Gasteiger partial charge in [0, 0.05) is 13.1 Å². The van der Waals surface area contributed by atoms with E-state index < -0.39 is 11.8 Å². The minimum absolute atomic E-state index is 0.388. The first-order chi connectivity index (χ1) is 8.52. The van der Waals surface area contributed by atoms with Gasteiger partial charge in [0.25, 0.3) is 0 Å². The van der Waals surface area contributed by atoms with Gasteiger partial charge in [-0.3, -0.25) is 9.59 Å². The summed E-state index contributed by atoms with van der Waals surface area (Å²) in [5.41, 5.74) is 5.46. The number of nitrogens with zero attached hydrogens (tertiary/aromatic N) is 2. The van der Waals surface area contributed by atoms with Crippen molar-refractivity contribution in [2.24, 2.45) is 11.1 Å². The largest absolute Gasteiger partial charge is 0.361 e. The van der Waals surface area contributed by atoms with Crippen molar-refractivity contribution in [2.45, 2.75) is 32.1 Å². The summed E-state index contributed by atoms with van der Waals surface area (Å²) in [4.78, 5) is 26.6. The van der Waals surface area contributed by atoms with E-state index in [0.717, 1.165) is 25.9 Å². The van der Waals surface area contributed by atoms with E-state index in [4.69, 9.17) is 5.73 Å². The average molecular weight is 253 g/mol. The minimum Gasteiger partial charge on any atom is -0.361 e. The molecule has 2 aliphatic rings. The topological polar surface area (TPSA) is 66.6 Å². The zero-order chi connectivity index (χ0) is 13.2. The molecule has 0 radical (unpaired) electrons. The van der Waals surface area contributed by atoms with Crippen molar-refractivity contribution in [3.63, 3.8) is 0 Å². The summed E-state index contributed by atoms with van der Waals surface area (Å²) in [6, 6.07) is 0. The maximum atomic E-state index is 11.6. The number of hydrogen-bond acceptors (Lipinski definition) is 3. The Balaban J connectivity index is 1.96. The third-order valence-corrected chi connectivity index (χ3v) is 4.59. The number of likely N-dealkylation sites (tertiary alicyclic amines) is 2. The second kappa shape index (κ2) is 5.26. The van der Waals surface area contributed by atoms with Gasteiger partial charge < -0.3 is 15.5 Å². The predicted molar refractivity (Wildman–Crippen MR) is 68.8 cm³/mol. The Hall–Kier alpha value is -1.10. The van der Waals surface area contributed by atoms with E-state index in [1.54, 1.807) is 4.90 Å². The molecule has 5 heteroatoms. The Labute approximate surface area is 108 Å². The molecule has 0 aromatic carbocycles. The Kier molecular flexibility index (Phi) is 3.90. The molecule has 2 aliphatic heterocycles. The summed E-state index contributed by atoms with van der Waals surface area (Å²) in [6.45, 7) is 3.65. The third kappa shape index (κ3) is 2.83. The lowest BCUT2D eigenvalue weighted by molar-refractivity contribution is -0.144. The van der Waals surface area contributed by atoms with Gasteiger partial charge in [0.15, 0.2) is 0 Å². The molecule has 2 N–H and O–H groups in total. The van der Waals surface area contributed by atoms with Crippen LogP contribution in [0.4, 0.5) is 0 Å². The lowest BCUT2D eigenvalue weighted by Crippen LogP contribution is -2.42. The van der Waals surface area contributed by atoms with Gasteiger partial charge in [-0.2, -0.15) is 0 Å². The van der Waals surface area contributed by atoms with Crippen molar-refractivity contribution in [3.8, 4) is 0 Å². The van der Waals surface area contributed by atoms with Gasteiger partial charge in [-0.15, -0.1) is 0 Å². The van der Waals surface area contributed by atoms with Crippen LogP contribution in [0.25, 0.3) is 0 Å². The van der Waals surface area contributed by atoms with Gasteiger partial charge in [-0.1, -0.05) is 0 Å². The highest BCUT2D eigenvalue weighted by molar-refractivity contribution is 6.34. The molecule has 5 nitrogen and oxygen atoms in total. The molecular weight excluding hydrogens is 230 g/mol. The summed E-state index contributed by atoms with van der Waals surface area (Å²) in [7, 11) is 2.16. The van der Waals surface area contributed by atoms with Crippen molar-refractivity contribution in [1.29, 1.82) is 0 Å². The molecule has 0 aromatic heterocycles. The van der Waals surface area contributed by atoms with Crippen molar-refractivity contribution < 1.29 is 9.59 Å². The second-order valence-electron chi connectivity index (χ2n) is 5.81. The normalized spacial score (nSPS) is 24.8. The fourth-order valence-electron chi connectivity index (χ4n) is 3.21. The van der Waals surface area contributed by atoms with Crippen LogP contribution < -0.4 is 5.73 Å². The first-order valence-corrected chi connectivity index (χ1v) is 6.80. The van der Waals surface area contributed by atoms with Crippen molar-refractivity contribution in [2.75, 3.05) is 33.2 Å². The van der Waals surface area contributed by atoms with E-state index in [1.807, 2.05) is 0 Å². The van der Waals surface area contributed by atoms with Crippen molar-refractivity contribution in [3.05, 3.63) is 0 Å². The fraction of sp³-hybridized carbons (Fsp3) is 0.846. The lowest BCUT2D eigenvalue weighted by Gasteiger charge is -2.40. The van der Waals surface area contributed by atoms with Crippen LogP contribution in [0, 0.1) is 5.41 Å². The molecule has 2 rings (SSSR count). The molecule has 0 atom stereocenters. The van der Waals surface area contributed by atoms with Gasteiger partial charge in [0.05, 0.1) is 0 Å². The third-order valence-electron chi connectivity index (χ3n) is 4.59. The van der Waals surface area contributed by atoms with E-state index in [1.165, 1.54) is 19.3 Å². The number of piperidine rings is 1. The van der Waals surface area contributed by atoms with Crippen molar-refractivity contribution >= 4 is 11.8 Å². The molecule has 0 bridgehead atoms. The quantitative estimate of drug-likeness (QED) is 0.627. The maximum absolute atomic E-state index is 11.6. The highest BCUT2D eigenvalue weighted by atomic mass is 16.2. The number of hydrogen-bond donors (Lipinski definition) is 1. The Morgan fingerprint density at radius 3 is 2.22 bits per heavy atom. The Bertz CT molecular complexity index is 335. The van der Waals surface area contributed by atoms with E-state index >= 15 is 0 Å². The smallest absolute Gasteiger partial charge is 0.311 e. The van der Waals surface area contributed by atoms with Gasteiger partial charge in [-0.25, -0.2) is 0 Å². The van der Waals surface area contributed by atoms with Gasteiger partial charge in [0.2, 0.25) is 0 Å². The van der Waals surface area contributed by atoms with Crippen LogP contribution in [0.2, 0.25) is 0 Å². The SMILES string of the molecule is CN1CCC2(CCCN(C(=O)C(N)=O)CC2)CC1. The van der Waals surface area contributed by atoms with Crippen LogP contribution in [0.15, 0.2) is 0 Å². The highest BCUT2D eigenvalue weighted by Gasteiger charge is 2.36. The van der Waals surface area contributed by atoms with E-state index in [0.29, 0.717) is 18.5 Å². The first-order valence-electron chi connectivity index (χ1n) is 6.80. The van der Waals surface area contributed by atoms with Crippen molar-refractivity contribution in [1.82, 2.24) is 9.80 Å². The standard InChI is InChI=1S/C13H23N3O2/c1-15-8-4-13(5-9-15)3-2-7-16(10-6-13)12(18)11(14)17/h2-10H2,1H3,(H2,14,17). The monoisotopic (exact) mass is 253 g/mol.